The van der Waals surface area contributed by atoms with Crippen LogP contribution in [0.1, 0.15) is 66.1 Å². The Hall–Kier alpha value is -2.87. The van der Waals surface area contributed by atoms with E-state index in [9.17, 15) is 14.4 Å². The van der Waals surface area contributed by atoms with E-state index in [1.165, 1.54) is 22.8 Å². The van der Waals surface area contributed by atoms with E-state index >= 15 is 0 Å². The average molecular weight is 473 g/mol. The number of amides is 2. The molecule has 1 atom stereocenters. The maximum absolute atomic E-state index is 13.8. The number of esters is 1. The summed E-state index contributed by atoms with van der Waals surface area (Å²) in [5, 5.41) is 7.90. The third-order valence-corrected chi connectivity index (χ3v) is 7.04. The molecule has 2 aromatic rings. The highest BCUT2D eigenvalue weighted by Gasteiger charge is 2.50. The number of rotatable bonds is 4. The number of aromatic nitrogens is 2. The van der Waals surface area contributed by atoms with Gasteiger partial charge in [-0.1, -0.05) is 24.6 Å². The summed E-state index contributed by atoms with van der Waals surface area (Å²) in [6.07, 6.45) is 3.94. The predicted octanol–water partition coefficient (Wildman–Crippen LogP) is 3.75. The minimum atomic E-state index is -1.28. The van der Waals surface area contributed by atoms with Gasteiger partial charge in [0.05, 0.1) is 13.7 Å². The fraction of sp³-hybridized carbons (Fsp3) is 0.500. The number of carbonyl (C=O) groups excluding carboxylic acids is 3. The Labute approximate surface area is 198 Å². The van der Waals surface area contributed by atoms with Crippen molar-refractivity contribution in [3.63, 3.8) is 0 Å². The molecule has 1 aromatic carbocycles. The van der Waals surface area contributed by atoms with E-state index in [1.807, 2.05) is 13.0 Å². The zero-order valence-corrected chi connectivity index (χ0v) is 20.1. The molecule has 2 aliphatic rings. The molecule has 33 heavy (non-hydrogen) atoms. The molecule has 1 fully saturated rings. The second-order valence-corrected chi connectivity index (χ2v) is 9.78. The van der Waals surface area contributed by atoms with Gasteiger partial charge in [-0.2, -0.15) is 5.10 Å². The number of carbonyl (C=O) groups is 3. The van der Waals surface area contributed by atoms with Crippen LogP contribution >= 0.6 is 11.6 Å². The van der Waals surface area contributed by atoms with E-state index < -0.39 is 17.4 Å². The molecule has 0 radical (unpaired) electrons. The molecular weight excluding hydrogens is 444 g/mol. The lowest BCUT2D eigenvalue weighted by Crippen LogP contribution is -2.65. The molecule has 1 saturated carbocycles. The second kappa shape index (κ2) is 8.82. The van der Waals surface area contributed by atoms with Crippen LogP contribution in [-0.4, -0.2) is 46.3 Å². The predicted molar refractivity (Wildman–Crippen MR) is 125 cm³/mol. The van der Waals surface area contributed by atoms with Gasteiger partial charge in [0, 0.05) is 22.8 Å². The minimum Gasteiger partial charge on any atom is -0.464 e. The molecule has 2 amide bonds. The monoisotopic (exact) mass is 472 g/mol. The van der Waals surface area contributed by atoms with Gasteiger partial charge in [-0.25, -0.2) is 4.79 Å². The lowest BCUT2D eigenvalue weighted by atomic mass is 9.86. The number of nitrogens with zero attached hydrogens (tertiary/aromatic N) is 3. The molecule has 9 heteroatoms. The molecule has 0 spiro atoms. The fourth-order valence-corrected chi connectivity index (χ4v) is 4.90. The molecule has 1 aliphatic carbocycles. The molecule has 8 nitrogen and oxygen atoms in total. The Morgan fingerprint density at radius 3 is 2.58 bits per heavy atom. The molecule has 4 rings (SSSR count). The summed E-state index contributed by atoms with van der Waals surface area (Å²) >= 11 is 6.27. The summed E-state index contributed by atoms with van der Waals surface area (Å²) in [4.78, 5) is 41.0. The van der Waals surface area contributed by atoms with E-state index in [-0.39, 0.29) is 29.9 Å². The lowest BCUT2D eigenvalue weighted by molar-refractivity contribution is -0.127. The van der Waals surface area contributed by atoms with Gasteiger partial charge < -0.3 is 10.1 Å². The normalized spacial score (nSPS) is 24.9. The van der Waals surface area contributed by atoms with Crippen LogP contribution in [0.5, 0.6) is 0 Å². The SMILES string of the molecule is COC(=O)c1cc2n(n1)C[C@@](C)(C(=O)NC1CCC(C)CC1)N(c1cc(Cl)ccc1C)C2=O. The quantitative estimate of drug-likeness (QED) is 0.684. The van der Waals surface area contributed by atoms with Crippen molar-refractivity contribution in [2.75, 3.05) is 12.0 Å². The van der Waals surface area contributed by atoms with Crippen LogP contribution in [0.3, 0.4) is 0 Å². The smallest absolute Gasteiger partial charge is 0.358 e. The van der Waals surface area contributed by atoms with Crippen LogP contribution in [0.25, 0.3) is 0 Å². The number of methoxy groups -OCH3 is 1. The molecule has 0 saturated heterocycles. The Balaban J connectivity index is 1.77. The summed E-state index contributed by atoms with van der Waals surface area (Å²) in [6.45, 7) is 5.91. The van der Waals surface area contributed by atoms with Crippen LogP contribution in [-0.2, 0) is 16.1 Å². The van der Waals surface area contributed by atoms with Gasteiger partial charge in [-0.15, -0.1) is 0 Å². The van der Waals surface area contributed by atoms with Crippen molar-refractivity contribution in [2.24, 2.45) is 5.92 Å². The Kier molecular flexibility index (Phi) is 6.22. The molecular formula is C24H29ClN4O4. The van der Waals surface area contributed by atoms with E-state index in [0.717, 1.165) is 31.2 Å². The first kappa shape index (κ1) is 23.3. The highest BCUT2D eigenvalue weighted by molar-refractivity contribution is 6.31. The van der Waals surface area contributed by atoms with E-state index in [2.05, 4.69) is 17.3 Å². The standard InChI is InChI=1S/C24H29ClN4O4/c1-14-5-9-17(10-6-14)26-23(32)24(3)13-28-20(12-18(27-28)22(31)33-4)21(30)29(24)19-11-16(25)8-7-15(19)2/h7-8,11-12,14,17H,5-6,9-10,13H2,1-4H3,(H,26,32)/t14?,17?,24-/m0/s1. The third kappa shape index (κ3) is 4.24. The van der Waals surface area contributed by atoms with Crippen LogP contribution < -0.4 is 10.2 Å². The summed E-state index contributed by atoms with van der Waals surface area (Å²) in [7, 11) is 1.26. The summed E-state index contributed by atoms with van der Waals surface area (Å²) in [5.41, 5.74) is 0.317. The van der Waals surface area contributed by atoms with Gasteiger partial charge in [0.2, 0.25) is 5.91 Å². The molecule has 1 aromatic heterocycles. The highest BCUT2D eigenvalue weighted by Crippen LogP contribution is 2.36. The first-order valence-electron chi connectivity index (χ1n) is 11.2. The van der Waals surface area contributed by atoms with Crippen LogP contribution in [0, 0.1) is 12.8 Å². The Bertz CT molecular complexity index is 1110. The maximum Gasteiger partial charge on any atom is 0.358 e. The molecule has 1 aliphatic heterocycles. The Morgan fingerprint density at radius 1 is 1.21 bits per heavy atom. The van der Waals surface area contributed by atoms with E-state index in [1.54, 1.807) is 19.1 Å². The van der Waals surface area contributed by atoms with E-state index in [4.69, 9.17) is 16.3 Å². The van der Waals surface area contributed by atoms with Crippen molar-refractivity contribution in [1.82, 2.24) is 15.1 Å². The third-order valence-electron chi connectivity index (χ3n) is 6.80. The van der Waals surface area contributed by atoms with Gasteiger partial charge in [0.1, 0.15) is 11.2 Å². The number of anilines is 1. The van der Waals surface area contributed by atoms with Crippen molar-refractivity contribution in [1.29, 1.82) is 0 Å². The zero-order chi connectivity index (χ0) is 23.9. The van der Waals surface area contributed by atoms with Gasteiger partial charge in [0.25, 0.3) is 5.91 Å². The second-order valence-electron chi connectivity index (χ2n) is 9.34. The first-order chi connectivity index (χ1) is 15.6. The fourth-order valence-electron chi connectivity index (χ4n) is 4.73. The number of hydrogen-bond donors (Lipinski definition) is 1. The van der Waals surface area contributed by atoms with Gasteiger partial charge in [0.15, 0.2) is 5.69 Å². The molecule has 1 N–H and O–H groups in total. The largest absolute Gasteiger partial charge is 0.464 e. The topological polar surface area (TPSA) is 93.5 Å². The zero-order valence-electron chi connectivity index (χ0n) is 19.4. The van der Waals surface area contributed by atoms with Crippen LogP contribution in [0.4, 0.5) is 5.69 Å². The van der Waals surface area contributed by atoms with Crippen molar-refractivity contribution >= 4 is 35.1 Å². The molecule has 2 heterocycles. The lowest BCUT2D eigenvalue weighted by Gasteiger charge is -2.44. The summed E-state index contributed by atoms with van der Waals surface area (Å²) < 4.78 is 6.19. The number of ether oxygens (including phenoxy) is 1. The number of hydrogen-bond acceptors (Lipinski definition) is 5. The highest BCUT2D eigenvalue weighted by atomic mass is 35.5. The maximum atomic E-state index is 13.8. The van der Waals surface area contributed by atoms with Crippen molar-refractivity contribution in [2.45, 2.75) is 64.6 Å². The minimum absolute atomic E-state index is 0.0227. The van der Waals surface area contributed by atoms with Crippen LogP contribution in [0.2, 0.25) is 5.02 Å². The average Bonchev–Trinajstić information content (AvgIpc) is 3.21. The van der Waals surface area contributed by atoms with Crippen LogP contribution in [0.15, 0.2) is 24.3 Å². The number of nitrogens with one attached hydrogen (secondary N) is 1. The number of benzene rings is 1. The van der Waals surface area contributed by atoms with E-state index in [0.29, 0.717) is 16.6 Å². The number of halogens is 1. The summed E-state index contributed by atoms with van der Waals surface area (Å²) in [6, 6.07) is 6.72. The first-order valence-corrected chi connectivity index (χ1v) is 11.6. The summed E-state index contributed by atoms with van der Waals surface area (Å²) in [5.74, 6) is -0.670. The van der Waals surface area contributed by atoms with Crippen molar-refractivity contribution < 1.29 is 19.1 Å². The number of aryl methyl sites for hydroxylation is 1. The molecule has 0 unspecified atom stereocenters. The molecule has 176 valence electrons. The molecule has 0 bridgehead atoms. The van der Waals surface area contributed by atoms with Gasteiger partial charge in [-0.05, 0) is 63.1 Å². The van der Waals surface area contributed by atoms with Gasteiger partial charge in [-0.3, -0.25) is 19.2 Å². The number of fused-ring (bicyclic) bond motifs is 1. The van der Waals surface area contributed by atoms with Crippen molar-refractivity contribution in [3.8, 4) is 0 Å². The Morgan fingerprint density at radius 2 is 1.91 bits per heavy atom. The van der Waals surface area contributed by atoms with Crippen molar-refractivity contribution in [3.05, 3.63) is 46.2 Å². The van der Waals surface area contributed by atoms with Gasteiger partial charge >= 0.3 is 5.97 Å².